The molecule has 1 saturated heterocycles. The number of phenolic OH excluding ortho intramolecular Hbond substituents is 1. The molecule has 6 aliphatic heterocycles. The van der Waals surface area contributed by atoms with E-state index in [0.29, 0.717) is 74.7 Å². The Morgan fingerprint density at radius 1 is 0.967 bits per heavy atom. The average molecular weight is 860 g/mol. The first-order valence-electron chi connectivity index (χ1n) is 21.7. The molecule has 11 rings (SSSR count). The Kier molecular flexibility index (Phi) is 14.0. The number of guanidine groups is 1. The maximum atomic E-state index is 13.8. The molecule has 61 heavy (non-hydrogen) atoms. The van der Waals surface area contributed by atoms with Crippen molar-refractivity contribution in [1.82, 2.24) is 0 Å². The van der Waals surface area contributed by atoms with Gasteiger partial charge in [-0.05, 0) is 122 Å². The molecule has 320 valence electrons. The summed E-state index contributed by atoms with van der Waals surface area (Å²) in [5, 5.41) is 31.4. The third kappa shape index (κ3) is 9.90. The Labute approximate surface area is 382 Å². The van der Waals surface area contributed by atoms with E-state index in [1.807, 2.05) is 67.6 Å². The molecule has 2 fully saturated rings. The molecule has 6 heterocycles. The molecule has 7 N–H and O–H groups in total. The van der Waals surface area contributed by atoms with Gasteiger partial charge in [0.1, 0.15) is 17.6 Å². The number of fused-ring (bicyclic) bond motifs is 7. The summed E-state index contributed by atoms with van der Waals surface area (Å²) in [5.74, 6) is 5.23. The van der Waals surface area contributed by atoms with E-state index in [-0.39, 0.29) is 84.1 Å². The first-order valence-corrected chi connectivity index (χ1v) is 23.2. The Morgan fingerprint density at radius 2 is 1.69 bits per heavy atom. The molecule has 3 aromatic carbocycles. The van der Waals surface area contributed by atoms with Crippen molar-refractivity contribution in [2.45, 2.75) is 131 Å². The van der Waals surface area contributed by atoms with E-state index in [9.17, 15) is 28.3 Å². The second kappa shape index (κ2) is 18.8. The number of hydrogen-bond acceptors (Lipinski definition) is 9. The van der Waals surface area contributed by atoms with Crippen molar-refractivity contribution < 1.29 is 67.3 Å². The number of allylic oxidation sites excluding steroid dienone is 1. The number of benzene rings is 3. The summed E-state index contributed by atoms with van der Waals surface area (Å²) < 4.78 is 55.3. The summed E-state index contributed by atoms with van der Waals surface area (Å²) in [4.78, 5) is 4.79. The van der Waals surface area contributed by atoms with Gasteiger partial charge in [-0.3, -0.25) is 0 Å². The number of nitrogens with zero attached hydrogens (tertiary/aromatic N) is 1. The van der Waals surface area contributed by atoms with E-state index in [0.717, 1.165) is 41.5 Å². The fourth-order valence-electron chi connectivity index (χ4n) is 11.0. The van der Waals surface area contributed by atoms with Gasteiger partial charge in [-0.25, -0.2) is 13.4 Å². The van der Waals surface area contributed by atoms with Crippen molar-refractivity contribution in [2.24, 2.45) is 34.2 Å². The largest absolute Gasteiger partial charge is 1.00 e. The minimum absolute atomic E-state index is 0. The van der Waals surface area contributed by atoms with Crippen molar-refractivity contribution in [3.8, 4) is 23.3 Å². The summed E-state index contributed by atoms with van der Waals surface area (Å²) in [6.07, 6.45) is 9.03. The fraction of sp³-hybridized carbons (Fsp3) is 0.521. The summed E-state index contributed by atoms with van der Waals surface area (Å²) in [7, 11) is -4.87. The topological polar surface area (TPSA) is 201 Å². The standard InChI is InChI=1S/C48H59N3O8S.Na/c1-2-31-28-43(60(55,56)57)42-27-36-24-35(26-40-23-30(29-52)7-6-8-34-25-38(53)15-18-41(34)45(36)58-40)44(42)33-9-13-37(14-10-33)48(51-46(49)50,59-39-16-11-32(31)12-17-39)22-21-47(54)19-4-3-5-20-47;/h9-18,25,27,30-31,35,40,42-45,52-54H,2-5,7,19-24,26,28-29H2,1H3,(H4,49,50,51)(H,55,56,57);/q;+1/p-1. The zero-order valence-electron chi connectivity index (χ0n) is 35.3. The van der Waals surface area contributed by atoms with Gasteiger partial charge in [-0.2, -0.15) is 0 Å². The van der Waals surface area contributed by atoms with Crippen LogP contribution >= 0.6 is 0 Å². The van der Waals surface area contributed by atoms with Gasteiger partial charge in [0.25, 0.3) is 0 Å². The summed E-state index contributed by atoms with van der Waals surface area (Å²) in [6.45, 7) is 1.94. The predicted molar refractivity (Wildman–Crippen MR) is 229 cm³/mol. The van der Waals surface area contributed by atoms with Gasteiger partial charge in [0.05, 0.1) is 27.1 Å². The zero-order chi connectivity index (χ0) is 42.2. The average Bonchev–Trinajstić information content (AvgIpc) is 3.35. The normalized spacial score (nSPS) is 30.5. The molecule has 0 amide bonds. The second-order valence-electron chi connectivity index (χ2n) is 18.0. The van der Waals surface area contributed by atoms with Crippen LogP contribution in [0.2, 0.25) is 0 Å². The summed E-state index contributed by atoms with van der Waals surface area (Å²) >= 11 is 0. The number of aromatic hydroxyl groups is 1. The monoisotopic (exact) mass is 859 g/mol. The van der Waals surface area contributed by atoms with Crippen molar-refractivity contribution >= 4 is 16.1 Å². The maximum absolute atomic E-state index is 13.8. The third-order valence-electron chi connectivity index (χ3n) is 14.1. The first kappa shape index (κ1) is 45.6. The molecule has 13 heteroatoms. The van der Waals surface area contributed by atoms with Crippen molar-refractivity contribution in [3.05, 3.63) is 106 Å². The quantitative estimate of drug-likeness (QED) is 0.0575. The number of aliphatic hydroxyl groups is 2. The molecule has 8 aliphatic rings. The van der Waals surface area contributed by atoms with Gasteiger partial charge in [0.2, 0.25) is 5.72 Å². The van der Waals surface area contributed by atoms with E-state index in [1.54, 1.807) is 12.1 Å². The van der Waals surface area contributed by atoms with Crippen molar-refractivity contribution in [2.75, 3.05) is 6.61 Å². The molecule has 11 nitrogen and oxygen atoms in total. The molecule has 8 bridgehead atoms. The predicted octanol–water partition coefficient (Wildman–Crippen LogP) is 4.12. The molecule has 9 unspecified atom stereocenters. The molecule has 2 aliphatic carbocycles. The molecule has 0 aromatic heterocycles. The van der Waals surface area contributed by atoms with Gasteiger partial charge in [0, 0.05) is 36.1 Å². The Morgan fingerprint density at radius 3 is 2.36 bits per heavy atom. The number of phenols is 1. The van der Waals surface area contributed by atoms with Crippen LogP contribution in [0, 0.1) is 29.6 Å². The minimum atomic E-state index is -4.87. The summed E-state index contributed by atoms with van der Waals surface area (Å²) in [6, 6.07) is 20.4. The van der Waals surface area contributed by atoms with Crippen molar-refractivity contribution in [3.63, 3.8) is 0 Å². The van der Waals surface area contributed by atoms with E-state index < -0.39 is 38.7 Å². The molecule has 1 saturated carbocycles. The number of rotatable bonds is 7. The fourth-order valence-corrected chi connectivity index (χ4v) is 12.1. The number of hydrogen-bond donors (Lipinski definition) is 5. The minimum Gasteiger partial charge on any atom is -0.748 e. The van der Waals surface area contributed by atoms with Crippen LogP contribution in [0.1, 0.15) is 136 Å². The van der Waals surface area contributed by atoms with Gasteiger partial charge in [-0.15, -0.1) is 0 Å². The Balaban J connectivity index is 0.00000561. The SMILES string of the molecule is CCC1CC(S(=O)(=O)[O-])C2C=C3CC(CC4CC(CO)CC#Cc5cc(O)ccc5C3O4)C2c2ccc(cc2)C(CCC2(O)CCCCC2)(N=C(N)N)Oc2ccc1cc2.[Na+]. The second-order valence-corrected chi connectivity index (χ2v) is 19.6. The smallest absolute Gasteiger partial charge is 0.748 e. The third-order valence-corrected chi connectivity index (χ3v) is 15.3. The van der Waals surface area contributed by atoms with E-state index in [2.05, 4.69) is 11.8 Å². The molecular weight excluding hydrogens is 802 g/mol. The van der Waals surface area contributed by atoms with Crippen molar-refractivity contribution in [1.29, 1.82) is 0 Å². The summed E-state index contributed by atoms with van der Waals surface area (Å²) in [5.41, 5.74) is 14.8. The van der Waals surface area contributed by atoms with E-state index >= 15 is 0 Å². The van der Waals surface area contributed by atoms with E-state index in [1.165, 1.54) is 0 Å². The van der Waals surface area contributed by atoms with Crippen LogP contribution < -0.4 is 45.8 Å². The molecule has 3 aromatic rings. The zero-order valence-corrected chi connectivity index (χ0v) is 38.2. The number of aliphatic hydroxyl groups excluding tert-OH is 1. The Bertz CT molecular complexity index is 2260. The van der Waals surface area contributed by atoms with E-state index in [4.69, 9.17) is 25.9 Å². The molecule has 0 radical (unpaired) electrons. The van der Waals surface area contributed by atoms with Crippen LogP contribution in [0.15, 0.2) is 83.4 Å². The molecule has 0 spiro atoms. The van der Waals surface area contributed by atoms with Crippen LogP contribution in [-0.2, 0) is 20.6 Å². The Hall–Kier alpha value is -3.38. The van der Waals surface area contributed by atoms with Crippen LogP contribution in [0.25, 0.3) is 0 Å². The maximum Gasteiger partial charge on any atom is 1.00 e. The van der Waals surface area contributed by atoms with Crippen LogP contribution in [-0.4, -0.2) is 57.8 Å². The van der Waals surface area contributed by atoms with Crippen LogP contribution in [0.5, 0.6) is 11.5 Å². The number of aliphatic imine (C=N–C) groups is 1. The van der Waals surface area contributed by atoms with Crippen LogP contribution in [0.3, 0.4) is 0 Å². The molecule has 9 atom stereocenters. The molecular formula is C48H58N3NaO8S. The van der Waals surface area contributed by atoms with Gasteiger partial charge < -0.3 is 40.8 Å². The first-order chi connectivity index (χ1) is 28.8. The van der Waals surface area contributed by atoms with Crippen LogP contribution in [0.4, 0.5) is 0 Å². The number of ether oxygens (including phenoxy) is 2. The van der Waals surface area contributed by atoms with Gasteiger partial charge >= 0.3 is 29.6 Å². The van der Waals surface area contributed by atoms with Gasteiger partial charge in [0.15, 0.2) is 5.96 Å². The number of nitrogens with two attached hydrogens (primary N) is 2. The van der Waals surface area contributed by atoms with Gasteiger partial charge in [-0.1, -0.05) is 86.6 Å².